The molecule has 0 aromatic carbocycles. The van der Waals surface area contributed by atoms with Gasteiger partial charge in [0.25, 0.3) is 0 Å². The van der Waals surface area contributed by atoms with Crippen molar-refractivity contribution >= 4 is 5.87 Å². The summed E-state index contributed by atoms with van der Waals surface area (Å²) >= 11 is 0. The Labute approximate surface area is 32.6 Å². The second-order valence-electron chi connectivity index (χ2n) is 0.531. The van der Waals surface area contributed by atoms with Crippen molar-refractivity contribution in [1.82, 2.24) is 0 Å². The van der Waals surface area contributed by atoms with E-state index in [9.17, 15) is 0 Å². The maximum atomic E-state index is 7.69. The van der Waals surface area contributed by atoms with Gasteiger partial charge in [0.2, 0.25) is 0 Å². The van der Waals surface area contributed by atoms with Gasteiger partial charge in [0.05, 0.1) is 0 Å². The Balaban J connectivity index is 0. The molecule has 0 bridgehead atoms. The van der Waals surface area contributed by atoms with Crippen LogP contribution >= 0.6 is 0 Å². The lowest BCUT2D eigenvalue weighted by Gasteiger charge is -1.59. The lowest BCUT2D eigenvalue weighted by atomic mass is 10.6. The smallest absolute Gasteiger partial charge is 0.763 e. The molecule has 0 N–H and O–H groups in total. The molecule has 0 aromatic heterocycles. The van der Waals surface area contributed by atoms with Gasteiger partial charge in [0.15, 0.2) is 0 Å². The molecule has 0 heterocycles. The summed E-state index contributed by atoms with van der Waals surface area (Å²) in [4.78, 5) is 0. The van der Waals surface area contributed by atoms with Crippen LogP contribution in [0.2, 0.25) is 0 Å². The highest BCUT2D eigenvalue weighted by atomic mass is 14.3. The Morgan fingerprint density at radius 3 is 2.60 bits per heavy atom. The van der Waals surface area contributed by atoms with Crippen molar-refractivity contribution in [3.8, 4) is 0 Å². The van der Waals surface area contributed by atoms with Crippen LogP contribution in [0.3, 0.4) is 0 Å². The number of nitrogens with zero attached hydrogens (tertiary/aromatic N) is 1. The molecular weight excluding hydrogens is 62.1 g/mol. The second-order valence-corrected chi connectivity index (χ2v) is 0.531. The summed E-state index contributed by atoms with van der Waals surface area (Å²) < 4.78 is 0. The Hall–Kier alpha value is -0.810. The topological polar surface area (TPSA) is 22.3 Å². The molecule has 0 aliphatic carbocycles. The summed E-state index contributed by atoms with van der Waals surface area (Å²) in [5.74, 6) is 1.77. The molecule has 0 aliphatic heterocycles. The maximum Gasteiger partial charge on any atom is 1.00 e. The van der Waals surface area contributed by atoms with Crippen molar-refractivity contribution in [2.45, 2.75) is 0 Å². The van der Waals surface area contributed by atoms with E-state index in [0.717, 1.165) is 0 Å². The molecule has 0 saturated heterocycles. The van der Waals surface area contributed by atoms with Gasteiger partial charge in [-0.05, 0) is 6.08 Å². The van der Waals surface area contributed by atoms with Crippen LogP contribution in [0.4, 0.5) is 0 Å². The van der Waals surface area contributed by atoms with Crippen molar-refractivity contribution in [3.05, 3.63) is 24.1 Å². The van der Waals surface area contributed by atoms with E-state index in [0.29, 0.717) is 0 Å². The Bertz CT molecular complexity index is 71.6. The van der Waals surface area contributed by atoms with Gasteiger partial charge in [-0.25, -0.2) is 0 Å². The van der Waals surface area contributed by atoms with E-state index >= 15 is 0 Å². The van der Waals surface area contributed by atoms with E-state index in [2.05, 4.69) is 6.58 Å². The maximum absolute atomic E-state index is 7.69. The summed E-state index contributed by atoms with van der Waals surface area (Å²) in [6, 6.07) is 0. The van der Waals surface area contributed by atoms with Gasteiger partial charge < -0.3 is 5.41 Å². The zero-order valence-corrected chi connectivity index (χ0v) is 2.81. The SMILES string of the molecule is C=CC=C=[N-].[H+]. The normalized spacial score (nSPS) is 4.80. The molecule has 0 radical (unpaired) electrons. The fraction of sp³-hybridized carbons (Fsp3) is 0. The van der Waals surface area contributed by atoms with Gasteiger partial charge in [-0.2, -0.15) is 0 Å². The Morgan fingerprint density at radius 1 is 2.00 bits per heavy atom. The van der Waals surface area contributed by atoms with Crippen molar-refractivity contribution in [2.75, 3.05) is 0 Å². The van der Waals surface area contributed by atoms with Gasteiger partial charge in [0.1, 0.15) is 0 Å². The van der Waals surface area contributed by atoms with Crippen LogP contribution in [0, 0.1) is 0 Å². The molecule has 0 atom stereocenters. The van der Waals surface area contributed by atoms with Crippen LogP contribution in [-0.2, 0) is 0 Å². The first-order chi connectivity index (χ1) is 2.41. The molecule has 1 heteroatoms. The molecular formula is C4H5N. The third-order valence-electron chi connectivity index (χ3n) is 0.192. The Morgan fingerprint density at radius 2 is 2.60 bits per heavy atom. The average Bonchev–Trinajstić information content (AvgIpc) is 1.41. The summed E-state index contributed by atoms with van der Waals surface area (Å²) in [5, 5.41) is 7.69. The summed E-state index contributed by atoms with van der Waals surface area (Å²) in [6.07, 6.45) is 2.76. The molecule has 0 amide bonds. The molecule has 5 heavy (non-hydrogen) atoms. The summed E-state index contributed by atoms with van der Waals surface area (Å²) in [7, 11) is 0. The number of hydrogen-bond donors (Lipinski definition) is 0. The monoisotopic (exact) mass is 67.0 g/mol. The molecule has 0 aliphatic rings. The fourth-order valence-corrected chi connectivity index (χ4v) is 0.0527. The van der Waals surface area contributed by atoms with Gasteiger partial charge >= 0.3 is 1.43 Å². The quantitative estimate of drug-likeness (QED) is 0.323. The zero-order valence-electron chi connectivity index (χ0n) is 3.81. The van der Waals surface area contributed by atoms with Crippen LogP contribution in [-0.4, -0.2) is 5.87 Å². The van der Waals surface area contributed by atoms with Crippen LogP contribution in [0.15, 0.2) is 18.7 Å². The molecule has 0 rings (SSSR count). The molecule has 0 spiro atoms. The van der Waals surface area contributed by atoms with E-state index < -0.39 is 0 Å². The molecule has 0 saturated carbocycles. The van der Waals surface area contributed by atoms with E-state index in [-0.39, 0.29) is 1.43 Å². The molecule has 1 nitrogen and oxygen atoms in total. The fourth-order valence-electron chi connectivity index (χ4n) is 0.0527. The van der Waals surface area contributed by atoms with E-state index in [4.69, 9.17) is 5.41 Å². The highest BCUT2D eigenvalue weighted by Crippen LogP contribution is 1.52. The predicted molar refractivity (Wildman–Crippen MR) is 24.2 cm³/mol. The van der Waals surface area contributed by atoms with Crippen LogP contribution in [0.1, 0.15) is 1.43 Å². The van der Waals surface area contributed by atoms with Crippen LogP contribution in [0.5, 0.6) is 0 Å². The van der Waals surface area contributed by atoms with Crippen molar-refractivity contribution < 1.29 is 1.43 Å². The first kappa shape index (κ1) is 4.19. The lowest BCUT2D eigenvalue weighted by Crippen LogP contribution is -1.35. The Kier molecular flexibility index (Phi) is 2.67. The van der Waals surface area contributed by atoms with Gasteiger partial charge in [-0.1, -0.05) is 12.7 Å². The van der Waals surface area contributed by atoms with Gasteiger partial charge in [0, 0.05) is 0 Å². The third kappa shape index (κ3) is 3.19. The zero-order chi connectivity index (χ0) is 4.12. The molecule has 0 aromatic rings. The van der Waals surface area contributed by atoms with Crippen molar-refractivity contribution in [1.29, 1.82) is 0 Å². The number of hydrogen-bond acceptors (Lipinski definition) is 0. The minimum absolute atomic E-state index is 0. The first-order valence-corrected chi connectivity index (χ1v) is 1.25. The van der Waals surface area contributed by atoms with Crippen LogP contribution < -0.4 is 0 Å². The minimum Gasteiger partial charge on any atom is -0.763 e. The van der Waals surface area contributed by atoms with E-state index in [1.54, 1.807) is 5.87 Å². The standard InChI is InChI=1S/C4H4N/c1-2-3-4-5/h2-3H,1H2/q-1/p+1. The number of allylic oxidation sites excluding steroid dienone is 2. The van der Waals surface area contributed by atoms with Crippen LogP contribution in [0.25, 0.3) is 5.41 Å². The minimum atomic E-state index is 0. The van der Waals surface area contributed by atoms with Crippen molar-refractivity contribution in [3.63, 3.8) is 0 Å². The molecule has 26 valence electrons. The molecule has 0 unspecified atom stereocenters. The summed E-state index contributed by atoms with van der Waals surface area (Å²) in [6.45, 7) is 3.27. The largest absolute Gasteiger partial charge is 1.00 e. The first-order valence-electron chi connectivity index (χ1n) is 1.25. The summed E-state index contributed by atoms with van der Waals surface area (Å²) in [5.41, 5.74) is 0. The predicted octanol–water partition coefficient (Wildman–Crippen LogP) is 1.08. The third-order valence-corrected chi connectivity index (χ3v) is 0.192. The van der Waals surface area contributed by atoms with E-state index in [1.807, 2.05) is 0 Å². The average molecular weight is 67.1 g/mol. The molecule has 0 fully saturated rings. The second kappa shape index (κ2) is 3.19. The highest BCUT2D eigenvalue weighted by Gasteiger charge is 1.31. The lowest BCUT2D eigenvalue weighted by molar-refractivity contribution is 2.21. The van der Waals surface area contributed by atoms with E-state index in [1.165, 1.54) is 12.2 Å². The van der Waals surface area contributed by atoms with Gasteiger partial charge in [-0.15, -0.1) is 0 Å². The highest BCUT2D eigenvalue weighted by molar-refractivity contribution is 5.57. The van der Waals surface area contributed by atoms with Crippen molar-refractivity contribution in [2.24, 2.45) is 0 Å². The van der Waals surface area contributed by atoms with Gasteiger partial charge in [-0.3, -0.25) is 5.87 Å². The number of rotatable bonds is 1.